The quantitative estimate of drug-likeness (QED) is 0.567. The van der Waals surface area contributed by atoms with Gasteiger partial charge in [-0.1, -0.05) is 11.6 Å². The van der Waals surface area contributed by atoms with Gasteiger partial charge in [0, 0.05) is 12.1 Å². The summed E-state index contributed by atoms with van der Waals surface area (Å²) in [6.45, 7) is 1.40. The summed E-state index contributed by atoms with van der Waals surface area (Å²) in [5.74, 6) is -0.496. The molecule has 110 valence electrons. The highest BCUT2D eigenvalue weighted by molar-refractivity contribution is 6.31. The maximum atomic E-state index is 13.4. The topological polar surface area (TPSA) is 17.8 Å². The molecule has 8 heteroatoms. The third kappa shape index (κ3) is 3.01. The molecule has 0 spiro atoms. The minimum Gasteiger partial charge on any atom is -0.324 e. The molecule has 2 rings (SSSR count). The van der Waals surface area contributed by atoms with Crippen LogP contribution in [0, 0.1) is 5.82 Å². The van der Waals surface area contributed by atoms with Crippen LogP contribution in [-0.2, 0) is 5.88 Å². The summed E-state index contributed by atoms with van der Waals surface area (Å²) < 4.78 is 52.3. The van der Waals surface area contributed by atoms with Gasteiger partial charge in [-0.25, -0.2) is 9.37 Å². The number of aromatic nitrogens is 2. The second-order valence-electron chi connectivity index (χ2n) is 4.46. The molecule has 1 aromatic heterocycles. The van der Waals surface area contributed by atoms with Crippen LogP contribution in [0.15, 0.2) is 12.1 Å². The highest BCUT2D eigenvalue weighted by Crippen LogP contribution is 2.32. The Balaban J connectivity index is 2.58. The van der Waals surface area contributed by atoms with E-state index in [2.05, 4.69) is 4.98 Å². The Morgan fingerprint density at radius 3 is 2.55 bits per heavy atom. The summed E-state index contributed by atoms with van der Waals surface area (Å²) in [6, 6.07) is 1.45. The Kier molecular flexibility index (Phi) is 4.16. The lowest BCUT2D eigenvalue weighted by atomic mass is 10.2. The zero-order chi connectivity index (χ0) is 15.1. The van der Waals surface area contributed by atoms with E-state index < -0.39 is 24.5 Å². The molecular formula is C12H10Cl2F4N2. The lowest BCUT2D eigenvalue weighted by Crippen LogP contribution is -2.18. The first-order valence-corrected chi connectivity index (χ1v) is 6.62. The van der Waals surface area contributed by atoms with Gasteiger partial charge in [-0.15, -0.1) is 11.6 Å². The average molecular weight is 329 g/mol. The van der Waals surface area contributed by atoms with Crippen molar-refractivity contribution in [3.63, 3.8) is 0 Å². The summed E-state index contributed by atoms with van der Waals surface area (Å²) in [4.78, 5) is 4.05. The lowest BCUT2D eigenvalue weighted by molar-refractivity contribution is -0.141. The maximum Gasteiger partial charge on any atom is 0.391 e. The molecule has 1 heterocycles. The van der Waals surface area contributed by atoms with Crippen molar-refractivity contribution in [2.45, 2.75) is 31.4 Å². The molecule has 0 radical (unpaired) electrons. The van der Waals surface area contributed by atoms with E-state index in [0.717, 1.165) is 6.07 Å². The van der Waals surface area contributed by atoms with E-state index in [1.54, 1.807) is 0 Å². The predicted molar refractivity (Wildman–Crippen MR) is 69.6 cm³/mol. The van der Waals surface area contributed by atoms with E-state index >= 15 is 0 Å². The van der Waals surface area contributed by atoms with Gasteiger partial charge in [0.25, 0.3) is 0 Å². The maximum absolute atomic E-state index is 13.4. The van der Waals surface area contributed by atoms with Crippen LogP contribution < -0.4 is 0 Å². The van der Waals surface area contributed by atoms with Gasteiger partial charge in [0.15, 0.2) is 0 Å². The van der Waals surface area contributed by atoms with Crippen molar-refractivity contribution in [2.24, 2.45) is 0 Å². The number of rotatable bonds is 3. The Labute approximate surface area is 122 Å². The third-order valence-electron chi connectivity index (χ3n) is 2.89. The number of alkyl halides is 4. The Bertz CT molecular complexity index is 636. The number of hydrogen-bond donors (Lipinski definition) is 0. The highest BCUT2D eigenvalue weighted by Gasteiger charge is 2.32. The zero-order valence-electron chi connectivity index (χ0n) is 10.3. The normalized spacial score (nSPS) is 13.9. The van der Waals surface area contributed by atoms with Crippen molar-refractivity contribution < 1.29 is 17.6 Å². The Hall–Kier alpha value is -1.01. The average Bonchev–Trinajstić information content (AvgIpc) is 2.65. The van der Waals surface area contributed by atoms with Crippen LogP contribution >= 0.6 is 23.2 Å². The van der Waals surface area contributed by atoms with E-state index in [9.17, 15) is 17.6 Å². The Morgan fingerprint density at radius 1 is 1.35 bits per heavy atom. The number of fused-ring (bicyclic) bond motifs is 1. The van der Waals surface area contributed by atoms with Gasteiger partial charge in [0.2, 0.25) is 0 Å². The van der Waals surface area contributed by atoms with Gasteiger partial charge in [-0.3, -0.25) is 0 Å². The largest absolute Gasteiger partial charge is 0.391 e. The number of nitrogens with zero attached hydrogens (tertiary/aromatic N) is 2. The summed E-state index contributed by atoms with van der Waals surface area (Å²) in [5, 5.41) is -0.168. The minimum atomic E-state index is -4.32. The van der Waals surface area contributed by atoms with Crippen LogP contribution in [0.2, 0.25) is 5.02 Å². The minimum absolute atomic E-state index is 0.0733. The monoisotopic (exact) mass is 328 g/mol. The van der Waals surface area contributed by atoms with Crippen molar-refractivity contribution in [2.75, 3.05) is 0 Å². The van der Waals surface area contributed by atoms with E-state index in [1.807, 2.05) is 0 Å². The van der Waals surface area contributed by atoms with Gasteiger partial charge >= 0.3 is 6.18 Å². The Morgan fingerprint density at radius 2 is 2.00 bits per heavy atom. The fourth-order valence-electron chi connectivity index (χ4n) is 2.15. The van der Waals surface area contributed by atoms with Crippen LogP contribution in [0.25, 0.3) is 11.0 Å². The molecule has 1 atom stereocenters. The summed E-state index contributed by atoms with van der Waals surface area (Å²) in [5.41, 5.74) is 0.570. The molecule has 1 unspecified atom stereocenters. The van der Waals surface area contributed by atoms with E-state index in [-0.39, 0.29) is 22.2 Å². The van der Waals surface area contributed by atoms with Crippen molar-refractivity contribution in [1.29, 1.82) is 0 Å². The van der Waals surface area contributed by atoms with Gasteiger partial charge in [0.1, 0.15) is 11.6 Å². The van der Waals surface area contributed by atoms with Gasteiger partial charge in [-0.05, 0) is 13.0 Å². The van der Waals surface area contributed by atoms with Crippen molar-refractivity contribution in [1.82, 2.24) is 9.55 Å². The van der Waals surface area contributed by atoms with Crippen molar-refractivity contribution in [3.8, 4) is 0 Å². The molecule has 20 heavy (non-hydrogen) atoms. The molecule has 0 aliphatic rings. The molecule has 2 aromatic rings. The second-order valence-corrected chi connectivity index (χ2v) is 5.13. The molecule has 0 saturated carbocycles. The molecule has 0 amide bonds. The van der Waals surface area contributed by atoms with E-state index in [4.69, 9.17) is 23.2 Å². The molecule has 0 fully saturated rings. The fourth-order valence-corrected chi connectivity index (χ4v) is 2.50. The summed E-state index contributed by atoms with van der Waals surface area (Å²) >= 11 is 11.4. The standard InChI is InChI=1S/C12H10Cl2F4N2/c1-6(4-12(16,17)18)20-10-2-7(14)8(15)3-9(10)19-11(20)5-13/h2-3,6H,4-5H2,1H3. The molecule has 0 bridgehead atoms. The first kappa shape index (κ1) is 15.4. The number of benzene rings is 1. The molecule has 0 aliphatic carbocycles. The van der Waals surface area contributed by atoms with Gasteiger partial charge in [0.05, 0.1) is 28.4 Å². The molecule has 2 nitrogen and oxygen atoms in total. The van der Waals surface area contributed by atoms with Crippen LogP contribution in [0.3, 0.4) is 0 Å². The first-order chi connectivity index (χ1) is 9.23. The SMILES string of the molecule is CC(CC(F)(F)F)n1c(CCl)nc2cc(F)c(Cl)cc21. The van der Waals surface area contributed by atoms with Crippen LogP contribution in [0.4, 0.5) is 17.6 Å². The molecule has 0 N–H and O–H groups in total. The molecule has 1 aromatic carbocycles. The van der Waals surface area contributed by atoms with E-state index in [1.165, 1.54) is 17.6 Å². The number of hydrogen-bond acceptors (Lipinski definition) is 1. The predicted octanol–water partition coefficient (Wildman–Crippen LogP) is 5.08. The zero-order valence-corrected chi connectivity index (χ0v) is 11.8. The van der Waals surface area contributed by atoms with Gasteiger partial charge in [-0.2, -0.15) is 13.2 Å². The first-order valence-electron chi connectivity index (χ1n) is 5.71. The van der Waals surface area contributed by atoms with Crippen molar-refractivity contribution >= 4 is 34.2 Å². The van der Waals surface area contributed by atoms with Crippen LogP contribution in [0.5, 0.6) is 0 Å². The van der Waals surface area contributed by atoms with Crippen LogP contribution in [0.1, 0.15) is 25.2 Å². The fraction of sp³-hybridized carbons (Fsp3) is 0.417. The smallest absolute Gasteiger partial charge is 0.324 e. The van der Waals surface area contributed by atoms with Crippen molar-refractivity contribution in [3.05, 3.63) is 28.8 Å². The summed E-state index contributed by atoms with van der Waals surface area (Å²) in [7, 11) is 0. The second kappa shape index (κ2) is 5.41. The number of halogens is 6. The molecule has 0 saturated heterocycles. The molecular weight excluding hydrogens is 319 g/mol. The lowest BCUT2D eigenvalue weighted by Gasteiger charge is -2.18. The molecule has 0 aliphatic heterocycles. The summed E-state index contributed by atoms with van der Waals surface area (Å²) in [6.07, 6.45) is -5.35. The van der Waals surface area contributed by atoms with Gasteiger partial charge < -0.3 is 4.57 Å². The van der Waals surface area contributed by atoms with E-state index in [0.29, 0.717) is 5.52 Å². The number of imidazole rings is 1. The highest BCUT2D eigenvalue weighted by atomic mass is 35.5. The van der Waals surface area contributed by atoms with Crippen LogP contribution in [-0.4, -0.2) is 15.7 Å². The third-order valence-corrected chi connectivity index (χ3v) is 3.42.